The predicted molar refractivity (Wildman–Crippen MR) is 148 cm³/mol. The Bertz CT molecular complexity index is 945. The van der Waals surface area contributed by atoms with E-state index in [9.17, 15) is 14.4 Å². The third-order valence-electron chi connectivity index (χ3n) is 7.80. The molecule has 9 heteroatoms. The lowest BCUT2D eigenvalue weighted by atomic mass is 9.90. The van der Waals surface area contributed by atoms with Crippen molar-refractivity contribution in [3.05, 3.63) is 29.8 Å². The van der Waals surface area contributed by atoms with Crippen molar-refractivity contribution in [1.82, 2.24) is 20.9 Å². The van der Waals surface area contributed by atoms with Crippen LogP contribution < -0.4 is 20.9 Å². The summed E-state index contributed by atoms with van der Waals surface area (Å²) in [7, 11) is 0. The largest absolute Gasteiger partial charge is 0.444 e. The van der Waals surface area contributed by atoms with Gasteiger partial charge in [0.2, 0.25) is 11.8 Å². The van der Waals surface area contributed by atoms with Crippen molar-refractivity contribution < 1.29 is 19.1 Å². The van der Waals surface area contributed by atoms with Crippen molar-refractivity contribution >= 4 is 23.6 Å². The van der Waals surface area contributed by atoms with Gasteiger partial charge < -0.3 is 20.3 Å². The van der Waals surface area contributed by atoms with E-state index in [0.29, 0.717) is 18.9 Å². The molecule has 3 N–H and O–H groups in total. The van der Waals surface area contributed by atoms with Crippen molar-refractivity contribution in [3.63, 3.8) is 0 Å². The number of hydrogen-bond acceptors (Lipinski definition) is 7. The van der Waals surface area contributed by atoms with Gasteiger partial charge in [-0.25, -0.2) is 4.79 Å². The number of anilines is 1. The first-order valence-electron chi connectivity index (χ1n) is 14.3. The van der Waals surface area contributed by atoms with Crippen LogP contribution in [0.2, 0.25) is 0 Å². The number of nitrogens with zero attached hydrogens (tertiary/aromatic N) is 2. The van der Waals surface area contributed by atoms with E-state index in [1.165, 1.54) is 5.69 Å². The van der Waals surface area contributed by atoms with Crippen LogP contribution in [0.1, 0.15) is 77.2 Å². The molecule has 1 aromatic carbocycles. The number of carbonyl (C=O) groups excluding carboxylic acids is 3. The van der Waals surface area contributed by atoms with Gasteiger partial charge in [0.1, 0.15) is 5.60 Å². The highest BCUT2D eigenvalue weighted by Crippen LogP contribution is 2.27. The topological polar surface area (TPSA) is 103 Å². The van der Waals surface area contributed by atoms with Crippen LogP contribution in [-0.2, 0) is 14.3 Å². The van der Waals surface area contributed by atoms with Crippen LogP contribution in [0.15, 0.2) is 24.3 Å². The molecule has 2 aliphatic heterocycles. The fourth-order valence-electron chi connectivity index (χ4n) is 5.68. The van der Waals surface area contributed by atoms with Gasteiger partial charge >= 0.3 is 6.09 Å². The highest BCUT2D eigenvalue weighted by Gasteiger charge is 2.28. The van der Waals surface area contributed by atoms with Gasteiger partial charge in [-0.15, -0.1) is 0 Å². The van der Waals surface area contributed by atoms with E-state index < -0.39 is 5.60 Å². The maximum Gasteiger partial charge on any atom is 0.407 e. The molecule has 0 bridgehead atoms. The quantitative estimate of drug-likeness (QED) is 0.353. The molecule has 3 fully saturated rings. The molecule has 2 saturated heterocycles. The number of rotatable bonds is 8. The highest BCUT2D eigenvalue weighted by atomic mass is 16.6. The zero-order chi connectivity index (χ0) is 27.1. The van der Waals surface area contributed by atoms with Crippen LogP contribution in [0, 0.1) is 0 Å². The van der Waals surface area contributed by atoms with E-state index in [-0.39, 0.29) is 29.9 Å². The lowest BCUT2D eigenvalue weighted by molar-refractivity contribution is -0.134. The van der Waals surface area contributed by atoms with Crippen molar-refractivity contribution in [2.75, 3.05) is 44.2 Å². The van der Waals surface area contributed by atoms with Crippen LogP contribution in [0.25, 0.3) is 0 Å². The molecule has 0 spiro atoms. The minimum atomic E-state index is -0.458. The summed E-state index contributed by atoms with van der Waals surface area (Å²) in [6.45, 7) is 11.9. The number of hydrogen-bond donors (Lipinski definition) is 3. The van der Waals surface area contributed by atoms with E-state index in [4.69, 9.17) is 4.74 Å². The average Bonchev–Trinajstić information content (AvgIpc) is 2.87. The van der Waals surface area contributed by atoms with Crippen LogP contribution in [0.3, 0.4) is 0 Å². The van der Waals surface area contributed by atoms with Crippen LogP contribution in [-0.4, -0.2) is 79.8 Å². The molecule has 3 amide bonds. The number of nitrogens with one attached hydrogen (secondary N) is 3. The van der Waals surface area contributed by atoms with Gasteiger partial charge in [-0.3, -0.25) is 19.8 Å². The fourth-order valence-corrected chi connectivity index (χ4v) is 5.68. The zero-order valence-corrected chi connectivity index (χ0v) is 23.3. The number of amides is 3. The van der Waals surface area contributed by atoms with Crippen molar-refractivity contribution in [1.29, 1.82) is 0 Å². The van der Waals surface area contributed by atoms with Gasteiger partial charge in [-0.2, -0.15) is 0 Å². The summed E-state index contributed by atoms with van der Waals surface area (Å²) in [5.74, 6) is -0.579. The Morgan fingerprint density at radius 1 is 0.974 bits per heavy atom. The number of ether oxygens (including phenoxy) is 1. The predicted octanol–water partition coefficient (Wildman–Crippen LogP) is 3.14. The number of piperidine rings is 1. The summed E-state index contributed by atoms with van der Waals surface area (Å²) in [5.41, 5.74) is 1.72. The third-order valence-corrected chi connectivity index (χ3v) is 7.80. The van der Waals surface area contributed by atoms with Crippen LogP contribution >= 0.6 is 0 Å². The zero-order valence-electron chi connectivity index (χ0n) is 23.3. The number of carbonyl (C=O) groups is 3. The maximum atomic E-state index is 12.1. The van der Waals surface area contributed by atoms with Gasteiger partial charge in [0.05, 0.1) is 5.92 Å². The molecule has 2 heterocycles. The minimum Gasteiger partial charge on any atom is -0.444 e. The molecule has 3 aliphatic rings. The molecule has 1 atom stereocenters. The second-order valence-corrected chi connectivity index (χ2v) is 11.9. The Labute approximate surface area is 227 Å². The van der Waals surface area contributed by atoms with E-state index in [0.717, 1.165) is 76.9 Å². The summed E-state index contributed by atoms with van der Waals surface area (Å²) in [6.07, 6.45) is 5.98. The highest BCUT2D eigenvalue weighted by molar-refractivity contribution is 6.00. The molecule has 1 aromatic rings. The second-order valence-electron chi connectivity index (χ2n) is 11.9. The first-order valence-corrected chi connectivity index (χ1v) is 14.3. The summed E-state index contributed by atoms with van der Waals surface area (Å²) in [5, 5.41) is 9.18. The Hall–Kier alpha value is -2.65. The summed E-state index contributed by atoms with van der Waals surface area (Å²) in [6, 6.07) is 9.04. The summed E-state index contributed by atoms with van der Waals surface area (Å²) >= 11 is 0. The first kappa shape index (κ1) is 28.4. The Morgan fingerprint density at radius 3 is 2.26 bits per heavy atom. The molecule has 38 heavy (non-hydrogen) atoms. The van der Waals surface area contributed by atoms with Gasteiger partial charge in [0.25, 0.3) is 0 Å². The molecule has 1 aliphatic carbocycles. The third kappa shape index (κ3) is 8.43. The first-order chi connectivity index (χ1) is 18.2. The Morgan fingerprint density at radius 2 is 1.63 bits per heavy atom. The Kier molecular flexibility index (Phi) is 9.65. The molecule has 1 unspecified atom stereocenters. The standard InChI is InChI=1S/C29H45N5O4/c1-29(2,3)38-28(37)31-23-9-7-22(8-10-23)30-15-4-16-33-17-19-34(20-18-33)24-11-5-21(6-12-24)25-13-14-26(35)32-27(25)36/h5-6,11-12,22-23,25,30H,4,7-10,13-20H2,1-3H3,(H,31,37)(H,32,35,36). The minimum absolute atomic E-state index is 0.173. The molecule has 4 rings (SSSR count). The second kappa shape index (κ2) is 12.9. The van der Waals surface area contributed by atoms with E-state index in [1.54, 1.807) is 0 Å². The molecular weight excluding hydrogens is 482 g/mol. The maximum absolute atomic E-state index is 12.1. The monoisotopic (exact) mass is 527 g/mol. The number of piperazine rings is 1. The number of alkyl carbamates (subject to hydrolysis) is 1. The lowest BCUT2D eigenvalue weighted by Crippen LogP contribution is -2.47. The van der Waals surface area contributed by atoms with Crippen molar-refractivity contribution in [2.45, 2.75) is 89.3 Å². The van der Waals surface area contributed by atoms with Gasteiger partial charge in [0.15, 0.2) is 0 Å². The normalized spacial score (nSPS) is 25.1. The summed E-state index contributed by atoms with van der Waals surface area (Å²) in [4.78, 5) is 40.5. The SMILES string of the molecule is CC(C)(C)OC(=O)NC1CCC(NCCCN2CCN(c3ccc(C4CCC(=O)NC4=O)cc3)CC2)CC1. The van der Waals surface area contributed by atoms with Crippen LogP contribution in [0.5, 0.6) is 0 Å². The van der Waals surface area contributed by atoms with Gasteiger partial charge in [0, 0.05) is 50.4 Å². The van der Waals surface area contributed by atoms with Crippen molar-refractivity contribution in [3.8, 4) is 0 Å². The Balaban J connectivity index is 1.08. The average molecular weight is 528 g/mol. The van der Waals surface area contributed by atoms with Crippen LogP contribution in [0.4, 0.5) is 10.5 Å². The lowest BCUT2D eigenvalue weighted by Gasteiger charge is -2.36. The van der Waals surface area contributed by atoms with E-state index >= 15 is 0 Å². The fraction of sp³-hybridized carbons (Fsp3) is 0.690. The number of benzene rings is 1. The van der Waals surface area contributed by atoms with E-state index in [2.05, 4.69) is 37.9 Å². The molecule has 9 nitrogen and oxygen atoms in total. The number of imide groups is 1. The summed E-state index contributed by atoms with van der Waals surface area (Å²) < 4.78 is 5.37. The molecule has 0 radical (unpaired) electrons. The van der Waals surface area contributed by atoms with E-state index in [1.807, 2.05) is 32.9 Å². The smallest absolute Gasteiger partial charge is 0.407 e. The van der Waals surface area contributed by atoms with Crippen molar-refractivity contribution in [2.24, 2.45) is 0 Å². The van der Waals surface area contributed by atoms with Gasteiger partial charge in [-0.05, 0) is 90.1 Å². The molecule has 1 saturated carbocycles. The molecule has 0 aromatic heterocycles. The molecular formula is C29H45N5O4. The van der Waals surface area contributed by atoms with Gasteiger partial charge in [-0.1, -0.05) is 12.1 Å². The molecule has 210 valence electrons.